The van der Waals surface area contributed by atoms with Gasteiger partial charge in [-0.15, -0.1) is 22.7 Å². The third kappa shape index (κ3) is 4.98. The minimum Gasteiger partial charge on any atom is -0.497 e. The highest BCUT2D eigenvalue weighted by molar-refractivity contribution is 7.13. The average molecular weight is 477 g/mol. The molecule has 0 unspecified atom stereocenters. The normalized spacial score (nSPS) is 14.4. The molecule has 2 aromatic carbocycles. The molecule has 0 spiro atoms. The SMILES string of the molecule is COc1ccc(-c2csc(CN3CCN(C(=O)c4csc(-c5ccccc5)n4)CC3)n2)cc1. The lowest BCUT2D eigenvalue weighted by atomic mass is 10.2. The Labute approximate surface area is 201 Å². The fourth-order valence-corrected chi connectivity index (χ4v) is 5.47. The van der Waals surface area contributed by atoms with E-state index in [0.717, 1.165) is 52.2 Å². The Balaban J connectivity index is 1.16. The second kappa shape index (κ2) is 9.82. The van der Waals surface area contributed by atoms with E-state index in [1.807, 2.05) is 64.9 Å². The summed E-state index contributed by atoms with van der Waals surface area (Å²) in [5, 5.41) is 5.94. The zero-order valence-electron chi connectivity index (χ0n) is 18.3. The van der Waals surface area contributed by atoms with Crippen molar-refractivity contribution >= 4 is 28.6 Å². The van der Waals surface area contributed by atoms with Gasteiger partial charge < -0.3 is 9.64 Å². The fourth-order valence-electron chi connectivity index (χ4n) is 3.83. The molecule has 168 valence electrons. The first-order chi connectivity index (χ1) is 16.2. The van der Waals surface area contributed by atoms with E-state index in [1.54, 1.807) is 18.4 Å². The van der Waals surface area contributed by atoms with Gasteiger partial charge in [0.1, 0.15) is 21.5 Å². The minimum absolute atomic E-state index is 0.0177. The number of carbonyl (C=O) groups is 1. The molecule has 1 saturated heterocycles. The highest BCUT2D eigenvalue weighted by Crippen LogP contribution is 2.26. The van der Waals surface area contributed by atoms with E-state index in [-0.39, 0.29) is 5.91 Å². The van der Waals surface area contributed by atoms with Crippen molar-refractivity contribution in [2.75, 3.05) is 33.3 Å². The molecular formula is C25H24N4O2S2. The molecule has 2 aromatic heterocycles. The minimum atomic E-state index is 0.0177. The maximum atomic E-state index is 12.9. The van der Waals surface area contributed by atoms with Crippen LogP contribution in [0.5, 0.6) is 5.75 Å². The number of ether oxygens (including phenoxy) is 1. The van der Waals surface area contributed by atoms with Crippen molar-refractivity contribution in [1.29, 1.82) is 0 Å². The summed E-state index contributed by atoms with van der Waals surface area (Å²) in [6, 6.07) is 18.0. The summed E-state index contributed by atoms with van der Waals surface area (Å²) in [5.74, 6) is 0.861. The Hall–Kier alpha value is -3.07. The van der Waals surface area contributed by atoms with Crippen LogP contribution in [-0.2, 0) is 6.54 Å². The zero-order valence-corrected chi connectivity index (χ0v) is 19.9. The summed E-state index contributed by atoms with van der Waals surface area (Å²) in [7, 11) is 1.67. The largest absolute Gasteiger partial charge is 0.497 e. The number of benzene rings is 2. The van der Waals surface area contributed by atoms with E-state index < -0.39 is 0 Å². The van der Waals surface area contributed by atoms with Crippen molar-refractivity contribution in [2.45, 2.75) is 6.54 Å². The summed E-state index contributed by atoms with van der Waals surface area (Å²) in [6.07, 6.45) is 0. The summed E-state index contributed by atoms with van der Waals surface area (Å²) in [5.41, 5.74) is 3.66. The van der Waals surface area contributed by atoms with Gasteiger partial charge in [-0.05, 0) is 24.3 Å². The van der Waals surface area contributed by atoms with Crippen molar-refractivity contribution in [3.05, 3.63) is 76.1 Å². The third-order valence-electron chi connectivity index (χ3n) is 5.70. The van der Waals surface area contributed by atoms with Crippen LogP contribution in [0.15, 0.2) is 65.4 Å². The average Bonchev–Trinajstić information content (AvgIpc) is 3.55. The molecule has 1 aliphatic heterocycles. The lowest BCUT2D eigenvalue weighted by molar-refractivity contribution is 0.0623. The van der Waals surface area contributed by atoms with Crippen LogP contribution in [0.2, 0.25) is 0 Å². The van der Waals surface area contributed by atoms with Crippen LogP contribution in [-0.4, -0.2) is 59.0 Å². The number of amides is 1. The molecule has 4 aromatic rings. The molecule has 1 aliphatic rings. The summed E-state index contributed by atoms with van der Waals surface area (Å²) >= 11 is 3.20. The second-order valence-corrected chi connectivity index (χ2v) is 9.63. The maximum Gasteiger partial charge on any atom is 0.273 e. The van der Waals surface area contributed by atoms with E-state index in [1.165, 1.54) is 11.3 Å². The van der Waals surface area contributed by atoms with Crippen molar-refractivity contribution < 1.29 is 9.53 Å². The number of hydrogen-bond acceptors (Lipinski definition) is 7. The van der Waals surface area contributed by atoms with Gasteiger partial charge in [0.15, 0.2) is 0 Å². The number of piperazine rings is 1. The van der Waals surface area contributed by atoms with Gasteiger partial charge in [0, 0.05) is 48.1 Å². The van der Waals surface area contributed by atoms with Crippen LogP contribution in [0.25, 0.3) is 21.8 Å². The molecule has 0 bridgehead atoms. The Bertz CT molecular complexity index is 1210. The van der Waals surface area contributed by atoms with Gasteiger partial charge in [-0.2, -0.15) is 0 Å². The maximum absolute atomic E-state index is 12.9. The Kier molecular flexibility index (Phi) is 6.48. The molecule has 0 atom stereocenters. The molecule has 5 rings (SSSR count). The first kappa shape index (κ1) is 21.8. The smallest absolute Gasteiger partial charge is 0.273 e. The van der Waals surface area contributed by atoms with Crippen LogP contribution in [0, 0.1) is 0 Å². The first-order valence-corrected chi connectivity index (χ1v) is 12.6. The van der Waals surface area contributed by atoms with Crippen molar-refractivity contribution in [1.82, 2.24) is 19.8 Å². The van der Waals surface area contributed by atoms with E-state index in [2.05, 4.69) is 15.3 Å². The number of rotatable bonds is 6. The second-order valence-electron chi connectivity index (χ2n) is 7.83. The molecule has 1 amide bonds. The lowest BCUT2D eigenvalue weighted by Gasteiger charge is -2.33. The van der Waals surface area contributed by atoms with Gasteiger partial charge in [0.05, 0.1) is 19.3 Å². The van der Waals surface area contributed by atoms with Gasteiger partial charge in [-0.3, -0.25) is 9.69 Å². The molecular weight excluding hydrogens is 452 g/mol. The Morgan fingerprint density at radius 3 is 2.39 bits per heavy atom. The molecule has 6 nitrogen and oxygen atoms in total. The van der Waals surface area contributed by atoms with Crippen LogP contribution >= 0.6 is 22.7 Å². The third-order valence-corrected chi connectivity index (χ3v) is 7.42. The topological polar surface area (TPSA) is 58.6 Å². The number of carbonyl (C=O) groups excluding carboxylic acids is 1. The molecule has 8 heteroatoms. The number of hydrogen-bond donors (Lipinski definition) is 0. The highest BCUT2D eigenvalue weighted by atomic mass is 32.1. The number of methoxy groups -OCH3 is 1. The highest BCUT2D eigenvalue weighted by Gasteiger charge is 2.24. The summed E-state index contributed by atoms with van der Waals surface area (Å²) < 4.78 is 5.23. The van der Waals surface area contributed by atoms with E-state index in [4.69, 9.17) is 9.72 Å². The van der Waals surface area contributed by atoms with Crippen LogP contribution in [0.3, 0.4) is 0 Å². The predicted octanol–water partition coefficient (Wildman–Crippen LogP) is 4.90. The molecule has 0 radical (unpaired) electrons. The van der Waals surface area contributed by atoms with Gasteiger partial charge in [0.25, 0.3) is 5.91 Å². The molecule has 0 aliphatic carbocycles. The van der Waals surface area contributed by atoms with E-state index >= 15 is 0 Å². The number of thiazole rings is 2. The molecule has 33 heavy (non-hydrogen) atoms. The lowest BCUT2D eigenvalue weighted by Crippen LogP contribution is -2.48. The molecule has 0 N–H and O–H groups in total. The van der Waals surface area contributed by atoms with Crippen LogP contribution in [0.4, 0.5) is 0 Å². The number of nitrogens with zero attached hydrogens (tertiary/aromatic N) is 4. The molecule has 1 fully saturated rings. The Morgan fingerprint density at radius 2 is 1.67 bits per heavy atom. The van der Waals surface area contributed by atoms with E-state index in [0.29, 0.717) is 18.8 Å². The molecule has 3 heterocycles. The quantitative estimate of drug-likeness (QED) is 0.396. The predicted molar refractivity (Wildman–Crippen MR) is 133 cm³/mol. The van der Waals surface area contributed by atoms with Crippen molar-refractivity contribution in [3.63, 3.8) is 0 Å². The van der Waals surface area contributed by atoms with Gasteiger partial charge >= 0.3 is 0 Å². The Morgan fingerprint density at radius 1 is 0.909 bits per heavy atom. The molecule has 0 saturated carbocycles. The van der Waals surface area contributed by atoms with Gasteiger partial charge in [0.2, 0.25) is 0 Å². The van der Waals surface area contributed by atoms with Gasteiger partial charge in [-0.25, -0.2) is 9.97 Å². The monoisotopic (exact) mass is 476 g/mol. The fraction of sp³-hybridized carbons (Fsp3) is 0.240. The summed E-state index contributed by atoms with van der Waals surface area (Å²) in [4.78, 5) is 26.6. The zero-order chi connectivity index (χ0) is 22.6. The van der Waals surface area contributed by atoms with Crippen molar-refractivity contribution in [3.8, 4) is 27.6 Å². The van der Waals surface area contributed by atoms with Crippen LogP contribution < -0.4 is 4.74 Å². The van der Waals surface area contributed by atoms with Gasteiger partial charge in [-0.1, -0.05) is 30.3 Å². The summed E-state index contributed by atoms with van der Waals surface area (Å²) in [6.45, 7) is 3.87. The standard InChI is InChI=1S/C25H24N4O2S2/c1-31-20-9-7-18(8-10-20)21-16-32-23(26-21)15-28-11-13-29(14-12-28)25(30)22-17-33-24(27-22)19-5-3-2-4-6-19/h2-10,16-17H,11-15H2,1H3. The van der Waals surface area contributed by atoms with Crippen LogP contribution in [0.1, 0.15) is 15.5 Å². The number of aromatic nitrogens is 2. The van der Waals surface area contributed by atoms with E-state index in [9.17, 15) is 4.79 Å². The first-order valence-electron chi connectivity index (χ1n) is 10.8. The van der Waals surface area contributed by atoms with Crippen molar-refractivity contribution in [2.24, 2.45) is 0 Å².